The van der Waals surface area contributed by atoms with Crippen molar-refractivity contribution >= 4 is 17.5 Å². The van der Waals surface area contributed by atoms with Gasteiger partial charge in [-0.15, -0.1) is 0 Å². The average Bonchev–Trinajstić information content (AvgIpc) is 2.80. The number of likely N-dealkylation sites (tertiary alicyclic amines) is 1. The highest BCUT2D eigenvalue weighted by atomic mass is 35.5. The predicted octanol–water partition coefficient (Wildman–Crippen LogP) is 5.53. The molecule has 0 unspecified atom stereocenters. The molecule has 0 aromatic heterocycles. The number of nitrogens with one attached hydrogen (secondary N) is 1. The second-order valence-corrected chi connectivity index (χ2v) is 7.91. The van der Waals surface area contributed by atoms with Gasteiger partial charge in [-0.25, -0.2) is 0 Å². The standard InChI is InChI=1S/C25H25ClN2O2/c26-21-10-12-23(13-11-21)30-24-9-5-4-8-20(24)18-27-22-14-16-28(17-15-22)25(29)19-6-2-1-3-7-19/h1-13,22,27H,14-18H2. The quantitative estimate of drug-likeness (QED) is 0.570. The van der Waals surface area contributed by atoms with Crippen LogP contribution >= 0.6 is 11.6 Å². The monoisotopic (exact) mass is 420 g/mol. The lowest BCUT2D eigenvalue weighted by atomic mass is 10.0. The molecule has 1 saturated heterocycles. The molecule has 1 N–H and O–H groups in total. The van der Waals surface area contributed by atoms with Gasteiger partial charge in [-0.3, -0.25) is 4.79 Å². The molecule has 1 fully saturated rings. The van der Waals surface area contributed by atoms with Crippen LogP contribution in [0, 0.1) is 0 Å². The number of hydrogen-bond acceptors (Lipinski definition) is 3. The summed E-state index contributed by atoms with van der Waals surface area (Å²) in [6.45, 7) is 2.27. The Morgan fingerprint density at radius 2 is 1.60 bits per heavy atom. The number of para-hydroxylation sites is 1. The van der Waals surface area contributed by atoms with E-state index in [2.05, 4.69) is 11.4 Å². The Kier molecular flexibility index (Phi) is 6.67. The average molecular weight is 421 g/mol. The van der Waals surface area contributed by atoms with Crippen LogP contribution in [0.25, 0.3) is 0 Å². The minimum Gasteiger partial charge on any atom is -0.457 e. The number of nitrogens with zero attached hydrogens (tertiary/aromatic N) is 1. The van der Waals surface area contributed by atoms with E-state index < -0.39 is 0 Å². The van der Waals surface area contributed by atoms with Gasteiger partial charge in [-0.2, -0.15) is 0 Å². The predicted molar refractivity (Wildman–Crippen MR) is 120 cm³/mol. The second kappa shape index (κ2) is 9.79. The third kappa shape index (κ3) is 5.21. The van der Waals surface area contributed by atoms with Crippen molar-refractivity contribution in [3.63, 3.8) is 0 Å². The van der Waals surface area contributed by atoms with E-state index in [1.165, 1.54) is 0 Å². The lowest BCUT2D eigenvalue weighted by molar-refractivity contribution is 0.0704. The van der Waals surface area contributed by atoms with Crippen LogP contribution in [0.4, 0.5) is 0 Å². The maximum atomic E-state index is 12.6. The van der Waals surface area contributed by atoms with Crippen molar-refractivity contribution in [3.8, 4) is 11.5 Å². The summed E-state index contributed by atoms with van der Waals surface area (Å²) >= 11 is 5.96. The number of ether oxygens (including phenoxy) is 1. The number of piperidine rings is 1. The minimum absolute atomic E-state index is 0.121. The summed E-state index contributed by atoms with van der Waals surface area (Å²) in [5.41, 5.74) is 1.87. The highest BCUT2D eigenvalue weighted by Gasteiger charge is 2.23. The summed E-state index contributed by atoms with van der Waals surface area (Å²) in [6.07, 6.45) is 1.89. The van der Waals surface area contributed by atoms with E-state index in [9.17, 15) is 4.79 Å². The van der Waals surface area contributed by atoms with Gasteiger partial charge in [0.15, 0.2) is 0 Å². The Labute approximate surface area is 182 Å². The van der Waals surface area contributed by atoms with Gasteiger partial charge in [-0.05, 0) is 55.3 Å². The van der Waals surface area contributed by atoms with Gasteiger partial charge in [0.1, 0.15) is 11.5 Å². The summed E-state index contributed by atoms with van der Waals surface area (Å²) in [6, 6.07) is 25.3. The van der Waals surface area contributed by atoms with Crippen molar-refractivity contribution < 1.29 is 9.53 Å². The van der Waals surface area contributed by atoms with E-state index >= 15 is 0 Å². The number of amides is 1. The molecule has 1 aliphatic heterocycles. The molecule has 1 aliphatic rings. The van der Waals surface area contributed by atoms with Gasteiger partial charge in [0.25, 0.3) is 5.91 Å². The van der Waals surface area contributed by atoms with Crippen LogP contribution in [0.5, 0.6) is 11.5 Å². The number of halogens is 1. The van der Waals surface area contributed by atoms with Crippen LogP contribution in [-0.4, -0.2) is 29.9 Å². The molecular formula is C25H25ClN2O2. The smallest absolute Gasteiger partial charge is 0.253 e. The molecule has 4 nitrogen and oxygen atoms in total. The molecule has 3 aromatic rings. The van der Waals surface area contributed by atoms with Gasteiger partial charge in [0.2, 0.25) is 0 Å². The molecule has 0 bridgehead atoms. The minimum atomic E-state index is 0.121. The highest BCUT2D eigenvalue weighted by Crippen LogP contribution is 2.26. The zero-order chi connectivity index (χ0) is 20.8. The molecule has 0 radical (unpaired) electrons. The van der Waals surface area contributed by atoms with Crippen LogP contribution in [0.1, 0.15) is 28.8 Å². The first-order chi connectivity index (χ1) is 14.7. The Morgan fingerprint density at radius 1 is 0.933 bits per heavy atom. The first-order valence-corrected chi connectivity index (χ1v) is 10.7. The zero-order valence-electron chi connectivity index (χ0n) is 16.8. The van der Waals surface area contributed by atoms with Crippen molar-refractivity contribution in [1.29, 1.82) is 0 Å². The van der Waals surface area contributed by atoms with Crippen molar-refractivity contribution in [1.82, 2.24) is 10.2 Å². The molecule has 30 heavy (non-hydrogen) atoms. The first kappa shape index (κ1) is 20.5. The molecule has 0 atom stereocenters. The zero-order valence-corrected chi connectivity index (χ0v) is 17.5. The van der Waals surface area contributed by atoms with Gasteiger partial charge >= 0.3 is 0 Å². The van der Waals surface area contributed by atoms with E-state index in [0.717, 1.165) is 55.1 Å². The number of benzene rings is 3. The Balaban J connectivity index is 1.31. The fraction of sp³-hybridized carbons (Fsp3) is 0.240. The molecule has 1 heterocycles. The van der Waals surface area contributed by atoms with E-state index in [4.69, 9.17) is 16.3 Å². The number of hydrogen-bond donors (Lipinski definition) is 1. The fourth-order valence-electron chi connectivity index (χ4n) is 3.68. The summed E-state index contributed by atoms with van der Waals surface area (Å²) in [5, 5.41) is 4.32. The van der Waals surface area contributed by atoms with Gasteiger partial charge < -0.3 is 15.0 Å². The van der Waals surface area contributed by atoms with Crippen LogP contribution in [-0.2, 0) is 6.54 Å². The van der Waals surface area contributed by atoms with Crippen molar-refractivity contribution in [2.24, 2.45) is 0 Å². The molecular weight excluding hydrogens is 396 g/mol. The van der Waals surface area contributed by atoms with E-state index in [-0.39, 0.29) is 5.91 Å². The van der Waals surface area contributed by atoms with Crippen LogP contribution in [0.3, 0.4) is 0 Å². The third-order valence-corrected chi connectivity index (χ3v) is 5.65. The van der Waals surface area contributed by atoms with Crippen LogP contribution < -0.4 is 10.1 Å². The lowest BCUT2D eigenvalue weighted by Crippen LogP contribution is -2.44. The molecule has 0 saturated carbocycles. The maximum Gasteiger partial charge on any atom is 0.253 e. The molecule has 0 spiro atoms. The van der Waals surface area contributed by atoms with Gasteiger partial charge in [-0.1, -0.05) is 48.0 Å². The van der Waals surface area contributed by atoms with Crippen molar-refractivity contribution in [2.45, 2.75) is 25.4 Å². The molecule has 4 rings (SSSR count). The molecule has 1 amide bonds. The second-order valence-electron chi connectivity index (χ2n) is 7.48. The highest BCUT2D eigenvalue weighted by molar-refractivity contribution is 6.30. The van der Waals surface area contributed by atoms with Crippen LogP contribution in [0.15, 0.2) is 78.9 Å². The number of rotatable bonds is 6. The third-order valence-electron chi connectivity index (χ3n) is 5.40. The summed E-state index contributed by atoms with van der Waals surface area (Å²) in [7, 11) is 0. The number of carbonyl (C=O) groups excluding carboxylic acids is 1. The summed E-state index contributed by atoms with van der Waals surface area (Å²) < 4.78 is 6.05. The lowest BCUT2D eigenvalue weighted by Gasteiger charge is -2.32. The summed E-state index contributed by atoms with van der Waals surface area (Å²) in [5.74, 6) is 1.72. The molecule has 3 aromatic carbocycles. The SMILES string of the molecule is O=C(c1ccccc1)N1CCC(NCc2ccccc2Oc2ccc(Cl)cc2)CC1. The topological polar surface area (TPSA) is 41.6 Å². The van der Waals surface area contributed by atoms with E-state index in [1.807, 2.05) is 77.7 Å². The van der Waals surface area contributed by atoms with Crippen molar-refractivity contribution in [3.05, 3.63) is 95.0 Å². The van der Waals surface area contributed by atoms with Gasteiger partial charge in [0, 0.05) is 41.8 Å². The normalized spacial score (nSPS) is 14.5. The number of carbonyl (C=O) groups is 1. The Hall–Kier alpha value is -2.82. The fourth-order valence-corrected chi connectivity index (χ4v) is 3.81. The van der Waals surface area contributed by atoms with E-state index in [0.29, 0.717) is 11.1 Å². The maximum absolute atomic E-state index is 12.6. The summed E-state index contributed by atoms with van der Waals surface area (Å²) in [4.78, 5) is 14.6. The molecule has 154 valence electrons. The molecule has 0 aliphatic carbocycles. The van der Waals surface area contributed by atoms with E-state index in [1.54, 1.807) is 0 Å². The van der Waals surface area contributed by atoms with Gasteiger partial charge in [0.05, 0.1) is 0 Å². The first-order valence-electron chi connectivity index (χ1n) is 10.3. The molecule has 5 heteroatoms. The van der Waals surface area contributed by atoms with Crippen LogP contribution in [0.2, 0.25) is 5.02 Å². The van der Waals surface area contributed by atoms with Crippen molar-refractivity contribution in [2.75, 3.05) is 13.1 Å². The Bertz CT molecular complexity index is 968. The largest absolute Gasteiger partial charge is 0.457 e. The Morgan fingerprint density at radius 3 is 2.33 bits per heavy atom.